The van der Waals surface area contributed by atoms with E-state index in [0.717, 1.165) is 6.92 Å². The Morgan fingerprint density at radius 3 is 1.13 bits per heavy atom. The number of nitrogens with one attached hydrogen (secondary N) is 21. The van der Waals surface area contributed by atoms with Gasteiger partial charge in [0.05, 0.1) is 77.5 Å². The van der Waals surface area contributed by atoms with Crippen LogP contribution < -0.4 is 123 Å². The molecular formula is C84H137N23O30S2. The maximum atomic E-state index is 13.8. The molecule has 1 rings (SSSR count). The number of thiol groups is 1. The number of aliphatic hydroxyl groups excluding tert-OH is 3. The third-order valence-electron chi connectivity index (χ3n) is 20.0. The molecule has 780 valence electrons. The Balaban J connectivity index is 3.06. The lowest BCUT2D eigenvalue weighted by Gasteiger charge is -2.27. The van der Waals surface area contributed by atoms with Crippen molar-refractivity contribution in [2.24, 2.45) is 35.1 Å². The van der Waals surface area contributed by atoms with E-state index in [4.69, 9.17) is 11.5 Å². The molecule has 1 aromatic rings. The van der Waals surface area contributed by atoms with Gasteiger partial charge in [-0.3, -0.25) is 110 Å². The first-order valence-corrected chi connectivity index (χ1v) is 46.5. The van der Waals surface area contributed by atoms with Crippen LogP contribution in [0.25, 0.3) is 0 Å². The van der Waals surface area contributed by atoms with Gasteiger partial charge in [-0.25, -0.2) is 4.79 Å². The average Bonchev–Trinajstić information content (AvgIpc) is 0.857. The molecule has 31 N–H and O–H groups in total. The van der Waals surface area contributed by atoms with E-state index in [0.29, 0.717) is 12.0 Å². The summed E-state index contributed by atoms with van der Waals surface area (Å²) in [4.78, 5) is 315. The van der Waals surface area contributed by atoms with Crippen LogP contribution in [0.1, 0.15) is 140 Å². The van der Waals surface area contributed by atoms with Gasteiger partial charge in [0.15, 0.2) is 0 Å². The molecule has 17 atom stereocenters. The summed E-state index contributed by atoms with van der Waals surface area (Å²) in [6, 6.07) is -16.4. The Morgan fingerprint density at radius 2 is 0.683 bits per heavy atom. The minimum absolute atomic E-state index is 0.0189. The molecule has 0 saturated heterocycles. The molecule has 139 heavy (non-hydrogen) atoms. The molecule has 0 aliphatic heterocycles. The zero-order chi connectivity index (χ0) is 106. The number of rotatable bonds is 66. The second kappa shape index (κ2) is 65.0. The summed E-state index contributed by atoms with van der Waals surface area (Å²) in [5.74, 6) is -27.7. The lowest BCUT2D eigenvalue weighted by Crippen LogP contribution is -2.62. The van der Waals surface area contributed by atoms with E-state index in [9.17, 15) is 146 Å². The Labute approximate surface area is 811 Å². The number of hydrogen-bond donors (Lipinski definition) is 30. The number of carboxylic acid groups (broad SMARTS) is 3. The summed E-state index contributed by atoms with van der Waals surface area (Å²) in [7, 11) is 0. The van der Waals surface area contributed by atoms with Gasteiger partial charge >= 0.3 is 17.9 Å². The number of amides is 21. The molecule has 0 saturated carbocycles. The van der Waals surface area contributed by atoms with Gasteiger partial charge < -0.3 is 154 Å². The fourth-order valence-electron chi connectivity index (χ4n) is 12.4. The van der Waals surface area contributed by atoms with Crippen LogP contribution in [0.5, 0.6) is 0 Å². The highest BCUT2D eigenvalue weighted by Crippen LogP contribution is 2.14. The van der Waals surface area contributed by atoms with Crippen molar-refractivity contribution >= 4 is 166 Å². The first kappa shape index (κ1) is 124. The molecule has 1 aromatic carbocycles. The van der Waals surface area contributed by atoms with Crippen LogP contribution in [0.4, 0.5) is 0 Å². The molecule has 55 heteroatoms. The molecule has 0 aliphatic carbocycles. The van der Waals surface area contributed by atoms with Crippen molar-refractivity contribution in [3.8, 4) is 0 Å². The number of hydrogen-bond acceptors (Lipinski definition) is 31. The van der Waals surface area contributed by atoms with Crippen LogP contribution in [0, 0.1) is 23.7 Å². The third-order valence-corrected chi connectivity index (χ3v) is 21.0. The largest absolute Gasteiger partial charge is 0.481 e. The molecule has 0 unspecified atom stereocenters. The lowest BCUT2D eigenvalue weighted by molar-refractivity contribution is -0.144. The lowest BCUT2D eigenvalue weighted by atomic mass is 9.99. The van der Waals surface area contributed by atoms with Gasteiger partial charge in [0.25, 0.3) is 0 Å². The van der Waals surface area contributed by atoms with Crippen LogP contribution in [0.3, 0.4) is 0 Å². The van der Waals surface area contributed by atoms with E-state index in [2.05, 4.69) is 124 Å². The van der Waals surface area contributed by atoms with E-state index in [1.807, 2.05) is 0 Å². The van der Waals surface area contributed by atoms with Gasteiger partial charge in [0.1, 0.15) is 90.6 Å². The second-order valence-corrected chi connectivity index (χ2v) is 35.2. The maximum absolute atomic E-state index is 13.8. The Bertz CT molecular complexity index is 4380. The van der Waals surface area contributed by atoms with Gasteiger partial charge in [-0.05, 0) is 114 Å². The van der Waals surface area contributed by atoms with Gasteiger partial charge in [-0.15, -0.1) is 0 Å². The van der Waals surface area contributed by atoms with Crippen LogP contribution in [0.2, 0.25) is 0 Å². The van der Waals surface area contributed by atoms with Gasteiger partial charge in [0, 0.05) is 12.2 Å². The SMILES string of the molecule is CSCC[C@H](NC(=O)[C@@H](NC(=O)[C@H](CO)NC(=O)[C@H](CO)NC(=O)CNC(=O)[C@H](Cc1ccccc1)NC(=O)CNC(=O)[C@@H](NC(=O)[C@H](C)NC(=O)[C@H](CS)NC(=O)[C@H](CC(=O)O)NC(=O)[C@H](C)NC(=O)[C@H](CC(C)C)NC(=O)[C@@H](NC(=O)[C@H](C)N)C(C)C)C(C)C)[C@@H](C)O)C(=O)NCC(=O)NCC(=O)N[C@@H](CCCCN)C(=O)NCC(=O)NCC(=O)N[C@@H](CC(=O)O)C(=O)N[C@@H](CC(C)C)C(=O)O. The number of aliphatic hydroxyl groups is 3. The predicted molar refractivity (Wildman–Crippen MR) is 498 cm³/mol. The quantitative estimate of drug-likeness (QED) is 0.0213. The molecule has 0 radical (unpaired) electrons. The van der Waals surface area contributed by atoms with Crippen LogP contribution >= 0.6 is 24.4 Å². The monoisotopic (exact) mass is 2010 g/mol. The predicted octanol–water partition coefficient (Wildman–Crippen LogP) is -11.8. The highest BCUT2D eigenvalue weighted by molar-refractivity contribution is 7.98. The average molecular weight is 2010 g/mol. The van der Waals surface area contributed by atoms with Gasteiger partial charge in [0.2, 0.25) is 124 Å². The van der Waals surface area contributed by atoms with Gasteiger partial charge in [-0.2, -0.15) is 24.4 Å². The number of aliphatic carboxylic acids is 3. The fraction of sp³-hybridized carbons (Fsp3) is 0.643. The summed E-state index contributed by atoms with van der Waals surface area (Å²) >= 11 is 5.35. The Hall–Kier alpha value is -13.0. The van der Waals surface area contributed by atoms with Crippen molar-refractivity contribution in [3.05, 3.63) is 35.9 Å². The van der Waals surface area contributed by atoms with E-state index in [-0.39, 0.29) is 62.7 Å². The summed E-state index contributed by atoms with van der Waals surface area (Å²) in [5.41, 5.74) is 11.7. The van der Waals surface area contributed by atoms with E-state index in [1.54, 1.807) is 78.1 Å². The fourth-order valence-corrected chi connectivity index (χ4v) is 13.1. The molecule has 0 heterocycles. The second-order valence-electron chi connectivity index (χ2n) is 33.8. The first-order valence-electron chi connectivity index (χ1n) is 44.5. The van der Waals surface area contributed by atoms with E-state index in [1.165, 1.54) is 46.4 Å². The van der Waals surface area contributed by atoms with Crippen molar-refractivity contribution < 1.29 is 146 Å². The smallest absolute Gasteiger partial charge is 0.326 e. The van der Waals surface area contributed by atoms with Crippen LogP contribution in [-0.2, 0) is 121 Å². The number of carbonyl (C=O) groups is 24. The Kier molecular flexibility index (Phi) is 58.0. The summed E-state index contributed by atoms with van der Waals surface area (Å²) < 4.78 is 0. The van der Waals surface area contributed by atoms with Crippen molar-refractivity contribution in [1.29, 1.82) is 0 Å². The molecule has 0 spiro atoms. The normalized spacial score (nSPS) is 14.7. The molecule has 21 amide bonds. The molecule has 0 bridgehead atoms. The van der Waals surface area contributed by atoms with Crippen LogP contribution in [0.15, 0.2) is 30.3 Å². The minimum atomic E-state index is -1.98. The van der Waals surface area contributed by atoms with Gasteiger partial charge in [-0.1, -0.05) is 85.7 Å². The summed E-state index contributed by atoms with van der Waals surface area (Å²) in [5, 5.41) is 108. The summed E-state index contributed by atoms with van der Waals surface area (Å²) in [6.45, 7) is 10.9. The highest BCUT2D eigenvalue weighted by atomic mass is 32.2. The summed E-state index contributed by atoms with van der Waals surface area (Å²) in [6.07, 6.45) is -1.80. The zero-order valence-corrected chi connectivity index (χ0v) is 81.4. The molecular weight excluding hydrogens is 1880 g/mol. The number of benzene rings is 1. The van der Waals surface area contributed by atoms with Crippen molar-refractivity contribution in [1.82, 2.24) is 112 Å². The number of carboxylic acids is 3. The molecule has 0 aromatic heterocycles. The number of unbranched alkanes of at least 4 members (excludes halogenated alkanes) is 1. The molecule has 53 nitrogen and oxygen atoms in total. The minimum Gasteiger partial charge on any atom is -0.481 e. The van der Waals surface area contributed by atoms with Crippen molar-refractivity contribution in [2.75, 3.05) is 76.8 Å². The van der Waals surface area contributed by atoms with Crippen molar-refractivity contribution in [2.45, 2.75) is 244 Å². The number of nitrogens with two attached hydrogens (primary N) is 2. The Morgan fingerprint density at radius 1 is 0.345 bits per heavy atom. The molecule has 0 aliphatic rings. The molecule has 0 fully saturated rings. The van der Waals surface area contributed by atoms with E-state index < -0.39 is 328 Å². The zero-order valence-electron chi connectivity index (χ0n) is 79.6. The topological polar surface area (TPSA) is 836 Å². The van der Waals surface area contributed by atoms with Crippen molar-refractivity contribution in [3.63, 3.8) is 0 Å². The first-order chi connectivity index (χ1) is 65.1. The van der Waals surface area contributed by atoms with E-state index >= 15 is 0 Å². The highest BCUT2D eigenvalue weighted by Gasteiger charge is 2.39. The maximum Gasteiger partial charge on any atom is 0.326 e. The number of carbonyl (C=O) groups excluding carboxylic acids is 21. The third kappa shape index (κ3) is 49.2. The van der Waals surface area contributed by atoms with Crippen LogP contribution in [-0.4, -0.2) is 352 Å². The number of thioether (sulfide) groups is 1. The standard InChI is InChI=1S/C84H137N23O30S2/c1-39(2)25-50(101-82(134)67(42(7)8)105-69(121)43(9)86)75(127)93-44(10)70(122)100-53(29-65(119)120)77(129)104-57(38-138)80(132)94-45(11)71(123)106-66(41(5)6)81(133)92-35-62(115)96-51(27-47-19-15-14-16-20-47)74(126)91-34-63(116)98-55(36-108)78(130)103-56(37-109)79(131)107-68(46(12)110)83(135)99-49(22-24-139-13)73(125)90-31-59(112)87-32-60(113)95-48(21-17-18-23-85)72(124)89-30-58(111)88-33-61(114)97-52(28-64(117)118)76(128)102-54(84(136)137)26-40(3)4/h14-16,19-20,39-46,48-57,66-68,108-110,138H,17-18,21-38,85-86H2,1-13H3,(H,87,112)(H,88,111)(H,89,124)(H,90,125)(H,91,126)(H,92,133)(H,93,127)(H,94,132)(H,95,113)(H,96,115)(H,97,114)(H,98,116)(H,99,135)(H,100,122)(H,101,134)(H,102,128)(H,103,130)(H,104,129)(H,105,121)(H,106,123)(H,107,131)(H,117,118)(H,119,120)(H,136,137)/t43-,44-,45-,46+,48-,49-,50-,51-,52-,53-,54-,55-,56-,57-,66-,67-,68-/m0/s1.